The summed E-state index contributed by atoms with van der Waals surface area (Å²) in [5.41, 5.74) is 6.90. The summed E-state index contributed by atoms with van der Waals surface area (Å²) >= 11 is 18.6. The second kappa shape index (κ2) is 27.9. The van der Waals surface area contributed by atoms with Gasteiger partial charge in [0.25, 0.3) is 0 Å². The molecule has 2 saturated carbocycles. The fourth-order valence-electron chi connectivity index (χ4n) is 10.5. The molecular formula is C60H75Cl3N6O4. The zero-order valence-corrected chi connectivity index (χ0v) is 45.6. The molecule has 390 valence electrons. The lowest BCUT2D eigenvalue weighted by Crippen LogP contribution is -2.52. The van der Waals surface area contributed by atoms with E-state index in [0.717, 1.165) is 85.9 Å². The Balaban J connectivity index is 0.000000239. The van der Waals surface area contributed by atoms with Crippen LogP contribution in [-0.2, 0) is 38.4 Å². The highest BCUT2D eigenvalue weighted by Crippen LogP contribution is 2.37. The molecule has 0 saturated heterocycles. The van der Waals surface area contributed by atoms with Crippen LogP contribution in [0.15, 0.2) is 127 Å². The molecule has 2 aliphatic rings. The first-order chi connectivity index (χ1) is 35.0. The van der Waals surface area contributed by atoms with Crippen molar-refractivity contribution in [2.45, 2.75) is 132 Å². The topological polar surface area (TPSA) is 123 Å². The Labute approximate surface area is 449 Å². The van der Waals surface area contributed by atoms with Crippen molar-refractivity contribution in [3.05, 3.63) is 176 Å². The molecule has 0 bridgehead atoms. The van der Waals surface area contributed by atoms with Gasteiger partial charge in [0, 0.05) is 70.5 Å². The second-order valence-electron chi connectivity index (χ2n) is 20.5. The number of hydrogen-bond acceptors (Lipinski definition) is 6. The van der Waals surface area contributed by atoms with Gasteiger partial charge in [0.2, 0.25) is 23.6 Å². The minimum absolute atomic E-state index is 0.0513. The summed E-state index contributed by atoms with van der Waals surface area (Å²) in [5, 5.41) is 14.3. The number of rotatable bonds is 20. The summed E-state index contributed by atoms with van der Waals surface area (Å²) in [6.07, 6.45) is 11.0. The van der Waals surface area contributed by atoms with Crippen molar-refractivity contribution in [2.75, 3.05) is 34.7 Å². The van der Waals surface area contributed by atoms with Gasteiger partial charge in [-0.25, -0.2) is 0 Å². The minimum Gasteiger partial charge on any atom is -0.356 e. The van der Waals surface area contributed by atoms with Gasteiger partial charge in [-0.15, -0.1) is 0 Å². The van der Waals surface area contributed by atoms with Crippen molar-refractivity contribution >= 4 is 58.4 Å². The molecule has 2 aliphatic carbocycles. The van der Waals surface area contributed by atoms with Gasteiger partial charge in [0.1, 0.15) is 0 Å². The van der Waals surface area contributed by atoms with Crippen LogP contribution in [0.1, 0.15) is 116 Å². The number of carbonyl (C=O) groups is 4. The monoisotopic (exact) mass is 1050 g/mol. The van der Waals surface area contributed by atoms with Crippen LogP contribution in [0.5, 0.6) is 0 Å². The number of nitrogens with one attached hydrogen (secondary N) is 4. The number of amides is 4. The molecule has 4 amide bonds. The van der Waals surface area contributed by atoms with E-state index in [1.54, 1.807) is 18.2 Å². The second-order valence-corrected chi connectivity index (χ2v) is 21.8. The molecule has 0 atom stereocenters. The van der Waals surface area contributed by atoms with Gasteiger partial charge in [-0.2, -0.15) is 0 Å². The first-order valence-corrected chi connectivity index (χ1v) is 27.0. The number of hydrogen-bond donors (Lipinski definition) is 4. The highest BCUT2D eigenvalue weighted by Gasteiger charge is 2.39. The van der Waals surface area contributed by atoms with E-state index in [0.29, 0.717) is 23.0 Å². The van der Waals surface area contributed by atoms with E-state index < -0.39 is 0 Å². The van der Waals surface area contributed by atoms with Gasteiger partial charge >= 0.3 is 0 Å². The average Bonchev–Trinajstić information content (AvgIpc) is 3.37. The van der Waals surface area contributed by atoms with E-state index in [-0.39, 0.29) is 78.5 Å². The van der Waals surface area contributed by atoms with Crippen LogP contribution in [0.4, 0.5) is 0 Å². The third-order valence-electron chi connectivity index (χ3n) is 15.0. The Bertz CT molecular complexity index is 2500. The SMILES string of the molecule is CN(C)C1(Cc2cccc(Cl)c2)CCC(NC(=O)CCC(=O)NC(c2ccccc2)c2ccccc2)CC1.Cc1cccc(CC2(N(C)C)CCC(NC(=O)CCC(=O)NCCc3c(Cl)cccc3Cl)CC2)c1. The van der Waals surface area contributed by atoms with Crippen LogP contribution in [0.2, 0.25) is 15.1 Å². The van der Waals surface area contributed by atoms with Crippen LogP contribution >= 0.6 is 34.8 Å². The number of nitrogens with zero attached hydrogens (tertiary/aromatic N) is 2. The Morgan fingerprint density at radius 3 is 1.45 bits per heavy atom. The molecule has 13 heteroatoms. The summed E-state index contributed by atoms with van der Waals surface area (Å²) in [6.45, 7) is 2.56. The standard InChI is InChI=1S/C32H38ClN3O2.C28H37Cl2N3O2/c1-36(2)32(23-24-10-9-15-27(33)22-24)20-18-28(19-21-32)34-29(37)16-17-30(38)35-31(25-11-5-3-6-12-25)26-13-7-4-8-14-26;1-20-6-4-7-21(18-20)19-28(33(2)3)15-12-22(13-16-28)32-27(35)11-10-26(34)31-17-14-23-24(29)8-5-9-25(23)30/h3-15,22,28,31H,16-21,23H2,1-2H3,(H,34,37)(H,35,38);4-9,18,22H,10-17,19H2,1-3H3,(H,31,34)(H,32,35). The van der Waals surface area contributed by atoms with Crippen LogP contribution in [-0.4, -0.2) is 91.3 Å². The Morgan fingerprint density at radius 2 is 0.986 bits per heavy atom. The highest BCUT2D eigenvalue weighted by molar-refractivity contribution is 6.36. The number of aryl methyl sites for hydroxylation is 1. The van der Waals surface area contributed by atoms with E-state index in [9.17, 15) is 19.2 Å². The third kappa shape index (κ3) is 17.4. The lowest BCUT2D eigenvalue weighted by molar-refractivity contribution is -0.127. The van der Waals surface area contributed by atoms with Gasteiger partial charge in [-0.1, -0.05) is 143 Å². The van der Waals surface area contributed by atoms with E-state index in [2.05, 4.69) is 96.5 Å². The normalized spacial score (nSPS) is 19.7. The Hall–Kier alpha value is -5.23. The van der Waals surface area contributed by atoms with E-state index >= 15 is 0 Å². The lowest BCUT2D eigenvalue weighted by Gasteiger charge is -2.45. The number of benzene rings is 5. The Morgan fingerprint density at radius 1 is 0.548 bits per heavy atom. The van der Waals surface area contributed by atoms with Crippen LogP contribution in [0.25, 0.3) is 0 Å². The maximum absolute atomic E-state index is 12.8. The summed E-state index contributed by atoms with van der Waals surface area (Å²) in [7, 11) is 8.60. The van der Waals surface area contributed by atoms with Gasteiger partial charge in [0.15, 0.2) is 0 Å². The van der Waals surface area contributed by atoms with Crippen molar-refractivity contribution in [2.24, 2.45) is 0 Å². The van der Waals surface area contributed by atoms with Crippen molar-refractivity contribution in [3.8, 4) is 0 Å². The number of likely N-dealkylation sites (N-methyl/N-ethyl adjacent to an activating group) is 2. The Kier molecular flexibility index (Phi) is 21.8. The third-order valence-corrected chi connectivity index (χ3v) is 15.9. The molecule has 2 fully saturated rings. The first kappa shape index (κ1) is 57.1. The summed E-state index contributed by atoms with van der Waals surface area (Å²) in [6, 6.07) is 42.1. The molecule has 0 radical (unpaired) electrons. The first-order valence-electron chi connectivity index (χ1n) is 25.9. The zero-order valence-electron chi connectivity index (χ0n) is 43.3. The predicted molar refractivity (Wildman–Crippen MR) is 298 cm³/mol. The zero-order chi connectivity index (χ0) is 52.4. The van der Waals surface area contributed by atoms with Crippen LogP contribution in [0, 0.1) is 6.92 Å². The molecular weight excluding hydrogens is 975 g/mol. The summed E-state index contributed by atoms with van der Waals surface area (Å²) in [5.74, 6) is -0.393. The van der Waals surface area contributed by atoms with Crippen molar-refractivity contribution < 1.29 is 19.2 Å². The molecule has 10 nitrogen and oxygen atoms in total. The predicted octanol–water partition coefficient (Wildman–Crippen LogP) is 11.3. The average molecular weight is 1050 g/mol. The molecule has 0 spiro atoms. The largest absolute Gasteiger partial charge is 0.356 e. The van der Waals surface area contributed by atoms with E-state index in [1.165, 1.54) is 16.7 Å². The molecule has 0 unspecified atom stereocenters. The minimum atomic E-state index is -0.245. The number of halogens is 3. The van der Waals surface area contributed by atoms with Crippen LogP contribution < -0.4 is 21.3 Å². The fraction of sp³-hybridized carbons (Fsp3) is 0.433. The van der Waals surface area contributed by atoms with E-state index in [1.807, 2.05) is 78.9 Å². The number of carbonyl (C=O) groups excluding carboxylic acids is 4. The summed E-state index contributed by atoms with van der Waals surface area (Å²) < 4.78 is 0. The van der Waals surface area contributed by atoms with Gasteiger partial charge < -0.3 is 31.1 Å². The molecule has 5 aromatic rings. The van der Waals surface area contributed by atoms with Gasteiger partial charge in [-0.3, -0.25) is 19.2 Å². The van der Waals surface area contributed by atoms with Crippen molar-refractivity contribution in [1.29, 1.82) is 0 Å². The van der Waals surface area contributed by atoms with Crippen molar-refractivity contribution in [1.82, 2.24) is 31.1 Å². The smallest absolute Gasteiger partial charge is 0.221 e. The molecule has 0 heterocycles. The maximum Gasteiger partial charge on any atom is 0.221 e. The van der Waals surface area contributed by atoms with Crippen molar-refractivity contribution in [3.63, 3.8) is 0 Å². The molecule has 73 heavy (non-hydrogen) atoms. The van der Waals surface area contributed by atoms with Crippen LogP contribution in [0.3, 0.4) is 0 Å². The molecule has 4 N–H and O–H groups in total. The molecule has 5 aromatic carbocycles. The fourth-order valence-corrected chi connectivity index (χ4v) is 11.3. The van der Waals surface area contributed by atoms with Gasteiger partial charge in [0.05, 0.1) is 6.04 Å². The van der Waals surface area contributed by atoms with E-state index in [4.69, 9.17) is 34.8 Å². The summed E-state index contributed by atoms with van der Waals surface area (Å²) in [4.78, 5) is 55.0. The maximum atomic E-state index is 12.8. The van der Waals surface area contributed by atoms with Gasteiger partial charge in [-0.05, 0) is 158 Å². The highest BCUT2D eigenvalue weighted by atomic mass is 35.5. The molecule has 0 aliphatic heterocycles. The molecule has 7 rings (SSSR count). The molecule has 0 aromatic heterocycles. The quantitative estimate of drug-likeness (QED) is 0.0616. The lowest BCUT2D eigenvalue weighted by atomic mass is 9.74.